The average molecular weight is 643 g/mol. The molecule has 47 heavy (non-hydrogen) atoms. The van der Waals surface area contributed by atoms with Crippen molar-refractivity contribution in [2.45, 2.75) is 148 Å². The summed E-state index contributed by atoms with van der Waals surface area (Å²) in [6, 6.07) is 13.8. The van der Waals surface area contributed by atoms with E-state index in [9.17, 15) is 0 Å². The monoisotopic (exact) mass is 642 g/mol. The van der Waals surface area contributed by atoms with Gasteiger partial charge in [-0.1, -0.05) is 140 Å². The summed E-state index contributed by atoms with van der Waals surface area (Å²) in [6.45, 7) is 4.52. The van der Waals surface area contributed by atoms with Crippen LogP contribution in [0.4, 0.5) is 13.2 Å². The molecule has 0 saturated heterocycles. The van der Waals surface area contributed by atoms with Crippen molar-refractivity contribution in [1.29, 1.82) is 0 Å². The molecular weight excluding hydrogens is 585 g/mol. The minimum atomic E-state index is -0.882. The van der Waals surface area contributed by atoms with Gasteiger partial charge in [0.1, 0.15) is 5.82 Å². The first-order chi connectivity index (χ1) is 23.0. The smallest absolute Gasteiger partial charge is 0.167 e. The Morgan fingerprint density at radius 2 is 1.04 bits per heavy atom. The Morgan fingerprint density at radius 3 is 1.70 bits per heavy atom. The zero-order chi connectivity index (χ0) is 32.8. The molecule has 0 spiro atoms. The van der Waals surface area contributed by atoms with E-state index in [0.29, 0.717) is 40.5 Å². The molecule has 2 saturated carbocycles. The molecule has 3 aliphatic carbocycles. The van der Waals surface area contributed by atoms with Gasteiger partial charge in [-0.25, -0.2) is 13.2 Å². The van der Waals surface area contributed by atoms with Crippen molar-refractivity contribution in [3.8, 4) is 33.4 Å². The van der Waals surface area contributed by atoms with E-state index < -0.39 is 17.5 Å². The van der Waals surface area contributed by atoms with Crippen molar-refractivity contribution in [2.75, 3.05) is 0 Å². The quantitative estimate of drug-likeness (QED) is 0.113. The van der Waals surface area contributed by atoms with Crippen molar-refractivity contribution in [3.05, 3.63) is 71.0 Å². The normalized spacial score (nSPS) is 22.1. The van der Waals surface area contributed by atoms with E-state index in [2.05, 4.69) is 26.0 Å². The van der Waals surface area contributed by atoms with Gasteiger partial charge in [0.15, 0.2) is 11.6 Å². The summed E-state index contributed by atoms with van der Waals surface area (Å²) in [5.74, 6) is 0.769. The first-order valence-corrected chi connectivity index (χ1v) is 19.4. The highest BCUT2D eigenvalue weighted by Crippen LogP contribution is 2.53. The van der Waals surface area contributed by atoms with Crippen molar-refractivity contribution < 1.29 is 13.2 Å². The Kier molecular flexibility index (Phi) is 11.9. The molecule has 0 aromatic heterocycles. The maximum absolute atomic E-state index is 16.0. The molecule has 0 heterocycles. The van der Waals surface area contributed by atoms with Gasteiger partial charge in [-0.05, 0) is 96.1 Å². The highest BCUT2D eigenvalue weighted by Gasteiger charge is 2.34. The Bertz CT molecular complexity index is 1450. The molecule has 3 aliphatic rings. The second-order valence-corrected chi connectivity index (χ2v) is 15.4. The average Bonchev–Trinajstić information content (AvgIpc) is 3.09. The maximum atomic E-state index is 16.0. The summed E-state index contributed by atoms with van der Waals surface area (Å²) in [5.41, 5.74) is 4.75. The predicted octanol–water partition coefficient (Wildman–Crippen LogP) is 14.4. The second kappa shape index (κ2) is 16.2. The number of benzene rings is 3. The van der Waals surface area contributed by atoms with Gasteiger partial charge in [-0.3, -0.25) is 0 Å². The molecule has 0 radical (unpaired) electrons. The van der Waals surface area contributed by atoms with Gasteiger partial charge in [-0.2, -0.15) is 0 Å². The number of rotatable bonds is 15. The zero-order valence-corrected chi connectivity index (χ0v) is 29.1. The topological polar surface area (TPSA) is 0 Å². The molecule has 3 aromatic rings. The molecule has 0 amide bonds. The molecule has 0 aliphatic heterocycles. The lowest BCUT2D eigenvalue weighted by molar-refractivity contribution is 0.248. The number of unbranched alkanes of at least 4 members (excludes halogenated alkanes) is 6. The van der Waals surface area contributed by atoms with E-state index in [-0.39, 0.29) is 11.1 Å². The number of fused-ring (bicyclic) bond motifs is 4. The Labute approximate surface area is 283 Å². The molecule has 0 unspecified atom stereocenters. The zero-order valence-electron chi connectivity index (χ0n) is 29.1. The molecular formula is C44H57F3. The molecule has 2 fully saturated rings. The Balaban J connectivity index is 1.05. The second-order valence-electron chi connectivity index (χ2n) is 15.4. The Hall–Kier alpha value is -2.55. The van der Waals surface area contributed by atoms with E-state index in [4.69, 9.17) is 0 Å². The van der Waals surface area contributed by atoms with Gasteiger partial charge >= 0.3 is 0 Å². The Morgan fingerprint density at radius 1 is 0.511 bits per heavy atom. The molecule has 0 N–H and O–H groups in total. The lowest BCUT2D eigenvalue weighted by atomic mass is 9.75. The highest BCUT2D eigenvalue weighted by atomic mass is 19.2. The first kappa shape index (κ1) is 34.3. The number of halogens is 3. The molecule has 3 heteroatoms. The van der Waals surface area contributed by atoms with Crippen LogP contribution in [-0.4, -0.2) is 0 Å². The highest BCUT2D eigenvalue weighted by molar-refractivity contribution is 6.04. The van der Waals surface area contributed by atoms with Gasteiger partial charge in [0.2, 0.25) is 0 Å². The molecule has 0 bridgehead atoms. The molecule has 0 atom stereocenters. The fraction of sp³-hybridized carbons (Fsp3) is 0.591. The van der Waals surface area contributed by atoms with Gasteiger partial charge in [0.05, 0.1) is 0 Å². The van der Waals surface area contributed by atoms with Gasteiger partial charge in [0, 0.05) is 16.7 Å². The molecule has 3 aromatic carbocycles. The van der Waals surface area contributed by atoms with Gasteiger partial charge in [-0.15, -0.1) is 0 Å². The summed E-state index contributed by atoms with van der Waals surface area (Å²) in [4.78, 5) is 0. The van der Waals surface area contributed by atoms with Crippen LogP contribution in [0.15, 0.2) is 42.5 Å². The third-order valence-electron chi connectivity index (χ3n) is 12.2. The molecule has 6 rings (SSSR count). The maximum Gasteiger partial charge on any atom is 0.167 e. The number of aryl methyl sites for hydroxylation is 1. The van der Waals surface area contributed by atoms with E-state index in [1.54, 1.807) is 6.07 Å². The summed E-state index contributed by atoms with van der Waals surface area (Å²) in [7, 11) is 0. The van der Waals surface area contributed by atoms with Crippen LogP contribution >= 0.6 is 0 Å². The number of hydrogen-bond acceptors (Lipinski definition) is 0. The lowest BCUT2D eigenvalue weighted by Crippen LogP contribution is -2.16. The lowest BCUT2D eigenvalue weighted by Gasteiger charge is -2.30. The summed E-state index contributed by atoms with van der Waals surface area (Å²) in [6.07, 6.45) is 24.9. The van der Waals surface area contributed by atoms with Crippen LogP contribution in [0.25, 0.3) is 33.4 Å². The van der Waals surface area contributed by atoms with Crippen LogP contribution in [0.2, 0.25) is 0 Å². The fourth-order valence-corrected chi connectivity index (χ4v) is 9.13. The minimum absolute atomic E-state index is 0.118. The van der Waals surface area contributed by atoms with Crippen LogP contribution in [0.5, 0.6) is 0 Å². The van der Waals surface area contributed by atoms with Crippen LogP contribution in [0.3, 0.4) is 0 Å². The largest absolute Gasteiger partial charge is 0.206 e. The predicted molar refractivity (Wildman–Crippen MR) is 192 cm³/mol. The van der Waals surface area contributed by atoms with Crippen molar-refractivity contribution in [3.63, 3.8) is 0 Å². The standard InChI is InChI=1S/C44H57F3/c1-3-5-7-8-10-12-31-17-20-33(21-18-31)34-23-25-35(26-24-34)37-27-28-38-39-29-36(42(45)44(47)41(39)40(38)43(37)46)22-19-32-15-13-30(14-16-32)11-9-6-4-2/h23-33H,3-22H2,1-2H3. The summed E-state index contributed by atoms with van der Waals surface area (Å²) in [5, 5.41) is 0. The summed E-state index contributed by atoms with van der Waals surface area (Å²) >= 11 is 0. The third-order valence-corrected chi connectivity index (χ3v) is 12.2. The van der Waals surface area contributed by atoms with E-state index in [0.717, 1.165) is 23.8 Å². The minimum Gasteiger partial charge on any atom is -0.206 e. The molecule has 0 nitrogen and oxygen atoms in total. The number of hydrogen-bond donors (Lipinski definition) is 0. The molecule has 254 valence electrons. The van der Waals surface area contributed by atoms with Gasteiger partial charge < -0.3 is 0 Å². The van der Waals surface area contributed by atoms with E-state index >= 15 is 13.2 Å². The van der Waals surface area contributed by atoms with Crippen LogP contribution in [0.1, 0.15) is 153 Å². The van der Waals surface area contributed by atoms with E-state index in [1.807, 2.05) is 24.3 Å². The third kappa shape index (κ3) is 7.86. The van der Waals surface area contributed by atoms with E-state index in [1.165, 1.54) is 121 Å². The van der Waals surface area contributed by atoms with Crippen molar-refractivity contribution >= 4 is 0 Å². The summed E-state index contributed by atoms with van der Waals surface area (Å²) < 4.78 is 46.9. The van der Waals surface area contributed by atoms with Gasteiger partial charge in [0.25, 0.3) is 0 Å². The first-order valence-electron chi connectivity index (χ1n) is 19.4. The van der Waals surface area contributed by atoms with Crippen LogP contribution in [-0.2, 0) is 6.42 Å². The van der Waals surface area contributed by atoms with Crippen LogP contribution < -0.4 is 0 Å². The SMILES string of the molecule is CCCCCCCC1CCC(c2ccc(-c3ccc4c(c3F)-c3c-4cc(CCC4CCC(CCCCC)CC4)c(F)c3F)cc2)CC1. The fourth-order valence-electron chi connectivity index (χ4n) is 9.13. The van der Waals surface area contributed by atoms with Crippen molar-refractivity contribution in [1.82, 2.24) is 0 Å². The van der Waals surface area contributed by atoms with Crippen LogP contribution in [0, 0.1) is 35.2 Å². The van der Waals surface area contributed by atoms with Crippen molar-refractivity contribution in [2.24, 2.45) is 17.8 Å².